The molecule has 1 saturated heterocycles. The van der Waals surface area contributed by atoms with Crippen LogP contribution in [0.5, 0.6) is 11.5 Å². The number of benzene rings is 1. The minimum atomic E-state index is -0.0439. The Labute approximate surface area is 176 Å². The van der Waals surface area contributed by atoms with E-state index in [4.69, 9.17) is 19.3 Å². The molecule has 2 aliphatic rings. The van der Waals surface area contributed by atoms with Gasteiger partial charge in [-0.15, -0.1) is 0 Å². The zero-order chi connectivity index (χ0) is 20.9. The first kappa shape index (κ1) is 20.2. The van der Waals surface area contributed by atoms with Crippen molar-refractivity contribution in [2.24, 2.45) is 0 Å². The number of amides is 1. The van der Waals surface area contributed by atoms with Gasteiger partial charge in [0.05, 0.1) is 33.1 Å². The van der Waals surface area contributed by atoms with Crippen LogP contribution in [0.15, 0.2) is 42.5 Å². The van der Waals surface area contributed by atoms with Gasteiger partial charge in [-0.2, -0.15) is 5.10 Å². The van der Waals surface area contributed by atoms with Crippen molar-refractivity contribution in [1.29, 1.82) is 0 Å². The molecule has 1 aromatic carbocycles. The highest BCUT2D eigenvalue weighted by atomic mass is 16.5. The lowest BCUT2D eigenvalue weighted by Gasteiger charge is -2.25. The van der Waals surface area contributed by atoms with Crippen LogP contribution in [0, 0.1) is 0 Å². The van der Waals surface area contributed by atoms with Gasteiger partial charge in [-0.25, -0.2) is 4.68 Å². The van der Waals surface area contributed by atoms with Gasteiger partial charge >= 0.3 is 0 Å². The molecule has 0 N–H and O–H groups in total. The van der Waals surface area contributed by atoms with Crippen molar-refractivity contribution in [3.63, 3.8) is 0 Å². The minimum absolute atomic E-state index is 0.0439. The van der Waals surface area contributed by atoms with Crippen molar-refractivity contribution in [2.45, 2.75) is 19.3 Å². The van der Waals surface area contributed by atoms with E-state index in [9.17, 15) is 4.79 Å². The number of nitrogens with zero attached hydrogens (tertiary/aromatic N) is 3. The molecule has 158 valence electrons. The van der Waals surface area contributed by atoms with E-state index in [0.717, 1.165) is 36.2 Å². The molecule has 1 aromatic heterocycles. The molecule has 0 saturated carbocycles. The Balaban J connectivity index is 1.75. The zero-order valence-corrected chi connectivity index (χ0v) is 17.5. The van der Waals surface area contributed by atoms with Gasteiger partial charge in [0.1, 0.15) is 0 Å². The summed E-state index contributed by atoms with van der Waals surface area (Å²) in [5.41, 5.74) is 3.33. The Kier molecular flexibility index (Phi) is 6.18. The molecule has 1 fully saturated rings. The van der Waals surface area contributed by atoms with Crippen LogP contribution in [0.1, 0.15) is 34.6 Å². The van der Waals surface area contributed by atoms with Crippen molar-refractivity contribution in [1.82, 2.24) is 14.7 Å². The summed E-state index contributed by atoms with van der Waals surface area (Å²) < 4.78 is 18.1. The summed E-state index contributed by atoms with van der Waals surface area (Å²) in [6.07, 6.45) is 9.07. The second-order valence-corrected chi connectivity index (χ2v) is 7.28. The number of aryl methyl sites for hydroxylation is 1. The number of allylic oxidation sites excluding steroid dienone is 3. The van der Waals surface area contributed by atoms with E-state index >= 15 is 0 Å². The van der Waals surface area contributed by atoms with E-state index in [1.165, 1.54) is 0 Å². The van der Waals surface area contributed by atoms with Crippen LogP contribution in [0.4, 0.5) is 0 Å². The largest absolute Gasteiger partial charge is 0.493 e. The molecule has 0 bridgehead atoms. The van der Waals surface area contributed by atoms with Crippen LogP contribution >= 0.6 is 0 Å². The Hall–Kier alpha value is -3.06. The van der Waals surface area contributed by atoms with Crippen LogP contribution in [0.25, 0.3) is 5.70 Å². The van der Waals surface area contributed by atoms with Crippen LogP contribution in [-0.2, 0) is 11.2 Å². The molecule has 0 atom stereocenters. The van der Waals surface area contributed by atoms with E-state index in [-0.39, 0.29) is 5.91 Å². The fraction of sp³-hybridized carbons (Fsp3) is 0.391. The highest BCUT2D eigenvalue weighted by Crippen LogP contribution is 2.32. The molecular formula is C23H27N3O4. The van der Waals surface area contributed by atoms with Crippen molar-refractivity contribution in [3.05, 3.63) is 59.4 Å². The fourth-order valence-corrected chi connectivity index (χ4v) is 3.78. The van der Waals surface area contributed by atoms with Crippen LogP contribution in [-0.4, -0.2) is 61.1 Å². The highest BCUT2D eigenvalue weighted by Gasteiger charge is 2.24. The number of methoxy groups -OCH3 is 2. The van der Waals surface area contributed by atoms with Crippen LogP contribution in [0.2, 0.25) is 0 Å². The third-order valence-electron chi connectivity index (χ3n) is 5.40. The van der Waals surface area contributed by atoms with E-state index in [1.54, 1.807) is 14.2 Å². The standard InChI is InChI=1S/C23H27N3O4/c1-28-21-10-9-17(15-22(21)29-2)20-8-6-4-3-5-7-18-16-19(24-26(18)20)23(27)25-11-13-30-14-12-25/h4,6,8-10,15-16H,3,5,7,11-14H2,1-2H3/b6-4-,20-8-. The second kappa shape index (κ2) is 9.17. The predicted octanol–water partition coefficient (Wildman–Crippen LogP) is 3.15. The summed E-state index contributed by atoms with van der Waals surface area (Å²) in [5, 5.41) is 4.74. The van der Waals surface area contributed by atoms with Crippen molar-refractivity contribution in [3.8, 4) is 11.5 Å². The molecule has 0 radical (unpaired) electrons. The van der Waals surface area contributed by atoms with Crippen LogP contribution < -0.4 is 9.47 Å². The van der Waals surface area contributed by atoms with Gasteiger partial charge in [0, 0.05) is 24.3 Å². The quantitative estimate of drug-likeness (QED) is 0.776. The summed E-state index contributed by atoms with van der Waals surface area (Å²) in [7, 11) is 3.24. The number of ether oxygens (including phenoxy) is 3. The van der Waals surface area contributed by atoms with Gasteiger partial charge in [0.15, 0.2) is 17.2 Å². The molecule has 0 spiro atoms. The van der Waals surface area contributed by atoms with Crippen molar-refractivity contribution >= 4 is 11.6 Å². The third-order valence-corrected chi connectivity index (χ3v) is 5.40. The predicted molar refractivity (Wildman–Crippen MR) is 114 cm³/mol. The topological polar surface area (TPSA) is 65.8 Å². The number of carbonyl (C=O) groups excluding carboxylic acids is 1. The summed E-state index contributed by atoms with van der Waals surface area (Å²) >= 11 is 0. The first-order valence-corrected chi connectivity index (χ1v) is 10.3. The average molecular weight is 409 g/mol. The SMILES string of the molecule is COc1ccc(/C2=C/C=C\CCCc3cc(C(=O)N4CCOCC4)nn32)cc1OC. The lowest BCUT2D eigenvalue weighted by atomic mass is 10.1. The zero-order valence-electron chi connectivity index (χ0n) is 17.5. The van der Waals surface area contributed by atoms with E-state index in [1.807, 2.05) is 46.0 Å². The molecule has 1 amide bonds. The molecule has 4 rings (SSSR count). The molecule has 7 heteroatoms. The van der Waals surface area contributed by atoms with Crippen LogP contribution in [0.3, 0.4) is 0 Å². The third kappa shape index (κ3) is 4.11. The number of aromatic nitrogens is 2. The first-order chi connectivity index (χ1) is 14.7. The molecule has 2 aliphatic heterocycles. The van der Waals surface area contributed by atoms with E-state index < -0.39 is 0 Å². The van der Waals surface area contributed by atoms with Gasteiger partial charge < -0.3 is 19.1 Å². The van der Waals surface area contributed by atoms with Gasteiger partial charge in [-0.1, -0.05) is 12.2 Å². The lowest BCUT2D eigenvalue weighted by Crippen LogP contribution is -2.40. The molecular weight excluding hydrogens is 382 g/mol. The fourth-order valence-electron chi connectivity index (χ4n) is 3.78. The minimum Gasteiger partial charge on any atom is -0.493 e. The first-order valence-electron chi connectivity index (χ1n) is 10.3. The van der Waals surface area contributed by atoms with Gasteiger partial charge in [0.2, 0.25) is 0 Å². The molecule has 7 nitrogen and oxygen atoms in total. The average Bonchev–Trinajstić information content (AvgIpc) is 3.24. The number of rotatable bonds is 4. The van der Waals surface area contributed by atoms with E-state index in [2.05, 4.69) is 6.08 Å². The van der Waals surface area contributed by atoms with E-state index in [0.29, 0.717) is 43.5 Å². The Bertz CT molecular complexity index is 971. The summed E-state index contributed by atoms with van der Waals surface area (Å²) in [5.74, 6) is 1.28. The molecule has 0 unspecified atom stereocenters. The Morgan fingerprint density at radius 2 is 1.90 bits per heavy atom. The monoisotopic (exact) mass is 409 g/mol. The number of carbonyl (C=O) groups is 1. The highest BCUT2D eigenvalue weighted by molar-refractivity contribution is 5.92. The van der Waals surface area contributed by atoms with Gasteiger partial charge in [0.25, 0.3) is 5.91 Å². The summed E-state index contributed by atoms with van der Waals surface area (Å²) in [4.78, 5) is 14.8. The summed E-state index contributed by atoms with van der Waals surface area (Å²) in [6.45, 7) is 2.34. The maximum Gasteiger partial charge on any atom is 0.274 e. The molecule has 2 aromatic rings. The lowest BCUT2D eigenvalue weighted by molar-refractivity contribution is 0.0298. The molecule has 0 aliphatic carbocycles. The van der Waals surface area contributed by atoms with Crippen molar-refractivity contribution in [2.75, 3.05) is 40.5 Å². The summed E-state index contributed by atoms with van der Waals surface area (Å²) in [6, 6.07) is 7.73. The maximum atomic E-state index is 13.0. The Morgan fingerprint density at radius 1 is 1.10 bits per heavy atom. The normalized spacial score (nSPS) is 19.5. The molecule has 3 heterocycles. The second-order valence-electron chi connectivity index (χ2n) is 7.28. The number of fused-ring (bicyclic) bond motifs is 1. The van der Waals surface area contributed by atoms with Crippen molar-refractivity contribution < 1.29 is 19.0 Å². The number of morpholine rings is 1. The number of hydrogen-bond donors (Lipinski definition) is 0. The smallest absolute Gasteiger partial charge is 0.274 e. The molecule has 30 heavy (non-hydrogen) atoms. The van der Waals surface area contributed by atoms with Gasteiger partial charge in [-0.05, 0) is 49.6 Å². The maximum absolute atomic E-state index is 13.0. The van der Waals surface area contributed by atoms with Gasteiger partial charge in [-0.3, -0.25) is 4.79 Å². The number of hydrogen-bond acceptors (Lipinski definition) is 5. The Morgan fingerprint density at radius 3 is 2.67 bits per heavy atom.